The lowest BCUT2D eigenvalue weighted by Crippen LogP contribution is -2.47. The van der Waals surface area contributed by atoms with E-state index in [2.05, 4.69) is 33.9 Å². The first-order valence-electron chi connectivity index (χ1n) is 12.5. The molecule has 0 spiro atoms. The fourth-order valence-electron chi connectivity index (χ4n) is 4.72. The summed E-state index contributed by atoms with van der Waals surface area (Å²) in [4.78, 5) is 15.7. The van der Waals surface area contributed by atoms with E-state index in [1.165, 1.54) is 11.0 Å². The number of rotatable bonds is 6. The van der Waals surface area contributed by atoms with Crippen LogP contribution in [0.5, 0.6) is 17.2 Å². The molecule has 39 heavy (non-hydrogen) atoms. The summed E-state index contributed by atoms with van der Waals surface area (Å²) < 4.78 is 62.4. The van der Waals surface area contributed by atoms with Crippen LogP contribution in [0.15, 0.2) is 52.9 Å². The van der Waals surface area contributed by atoms with Gasteiger partial charge in [0.05, 0.1) is 13.2 Å². The lowest BCUT2D eigenvalue weighted by molar-refractivity contribution is -0.153. The van der Waals surface area contributed by atoms with Gasteiger partial charge in [-0.1, -0.05) is 39.0 Å². The maximum Gasteiger partial charge on any atom is 0.449 e. The number of nitrogens with zero attached hydrogens (tertiary/aromatic N) is 1. The molecule has 0 saturated carbocycles. The van der Waals surface area contributed by atoms with Crippen LogP contribution in [-0.4, -0.2) is 32.7 Å². The minimum absolute atomic E-state index is 0.00113. The van der Waals surface area contributed by atoms with Crippen LogP contribution in [0, 0.1) is 0 Å². The molecule has 2 aliphatic heterocycles. The number of amides is 1. The molecule has 0 unspecified atom stereocenters. The van der Waals surface area contributed by atoms with Gasteiger partial charge in [-0.05, 0) is 48.0 Å². The zero-order valence-corrected chi connectivity index (χ0v) is 23.3. The van der Waals surface area contributed by atoms with E-state index in [0.717, 1.165) is 6.07 Å². The zero-order chi connectivity index (χ0) is 28.4. The summed E-state index contributed by atoms with van der Waals surface area (Å²) >= 11 is 0. The smallest absolute Gasteiger partial charge is 0.449 e. The number of aliphatic hydroxyl groups is 1. The predicted octanol–water partition coefficient (Wildman–Crippen LogP) is 6.24. The Hall–Kier alpha value is -3.44. The van der Waals surface area contributed by atoms with Gasteiger partial charge in [-0.25, -0.2) is 0 Å². The Morgan fingerprint density at radius 1 is 1.03 bits per heavy atom. The van der Waals surface area contributed by atoms with Gasteiger partial charge in [0.1, 0.15) is 16.9 Å². The van der Waals surface area contributed by atoms with E-state index in [9.17, 15) is 23.1 Å². The second-order valence-electron chi connectivity index (χ2n) is 11.3. The summed E-state index contributed by atoms with van der Waals surface area (Å²) in [5.41, 5.74) is -0.250. The van der Waals surface area contributed by atoms with Crippen molar-refractivity contribution in [1.82, 2.24) is 0 Å². The largest absolute Gasteiger partial charge is 0.543 e. The van der Waals surface area contributed by atoms with E-state index in [4.69, 9.17) is 18.3 Å². The number of carbonyl (C=O) groups excluding carboxylic acids is 1. The van der Waals surface area contributed by atoms with Crippen molar-refractivity contribution in [3.05, 3.63) is 71.2 Å². The second kappa shape index (κ2) is 9.05. The number of fused-ring (bicyclic) bond motifs is 2. The third-order valence-electron chi connectivity index (χ3n) is 7.86. The van der Waals surface area contributed by atoms with Crippen LogP contribution in [0.1, 0.15) is 43.4 Å². The van der Waals surface area contributed by atoms with Crippen LogP contribution >= 0.6 is 0 Å². The molecular formula is C28H30F3NO6Si. The van der Waals surface area contributed by atoms with E-state index in [1.54, 1.807) is 36.4 Å². The van der Waals surface area contributed by atoms with Crippen molar-refractivity contribution in [3.8, 4) is 17.2 Å². The topological polar surface area (TPSA) is 81.4 Å². The van der Waals surface area contributed by atoms with Gasteiger partial charge in [0.2, 0.25) is 26.8 Å². The molecule has 1 aromatic heterocycles. The molecule has 1 N–H and O–H groups in total. The van der Waals surface area contributed by atoms with E-state index in [0.29, 0.717) is 34.1 Å². The lowest BCUT2D eigenvalue weighted by atomic mass is 9.75. The van der Waals surface area contributed by atoms with Crippen LogP contribution in [-0.2, 0) is 22.9 Å². The Morgan fingerprint density at radius 2 is 1.69 bits per heavy atom. The molecule has 1 atom stereocenters. The first kappa shape index (κ1) is 27.1. The lowest BCUT2D eigenvalue weighted by Gasteiger charge is -2.38. The van der Waals surface area contributed by atoms with Crippen LogP contribution in [0.2, 0.25) is 18.1 Å². The summed E-state index contributed by atoms with van der Waals surface area (Å²) in [6.45, 7) is 9.53. The molecule has 0 radical (unpaired) electrons. The fourth-order valence-corrected chi connectivity index (χ4v) is 5.75. The number of ether oxygens (including phenoxy) is 2. The number of anilines is 1. The highest BCUT2D eigenvalue weighted by atomic mass is 28.4. The maximum atomic E-state index is 14.3. The summed E-state index contributed by atoms with van der Waals surface area (Å²) in [5.74, 6) is -0.442. The van der Waals surface area contributed by atoms with Gasteiger partial charge in [0.15, 0.2) is 11.5 Å². The SMILES string of the molecule is CC(C)(C)[Si](C)(C)Oc1cc2c(cc1[C@@]1(CO)C(=O)N(Cc3ccc(C(F)(F)F)o3)c3ccccc31)OCO2. The Balaban J connectivity index is 1.66. The van der Waals surface area contributed by atoms with E-state index < -0.39 is 38.2 Å². The standard InChI is InChI=1S/C28H30F3NO6Si/c1-26(2,3)39(4,5)38-21-13-23-22(35-16-36-23)12-19(21)27(15-33)18-8-6-7-9-20(18)32(25(27)34)14-17-10-11-24(37-17)28(29,30)31/h6-13,33H,14-16H2,1-5H3/t27-/m0/s1. The number of carbonyl (C=O) groups is 1. The number of halogens is 3. The number of aliphatic hydroxyl groups excluding tert-OH is 1. The van der Waals surface area contributed by atoms with Gasteiger partial charge in [-0.3, -0.25) is 4.79 Å². The normalized spacial score (nSPS) is 19.0. The molecular weight excluding hydrogens is 531 g/mol. The minimum atomic E-state index is -4.65. The van der Waals surface area contributed by atoms with Crippen molar-refractivity contribution >= 4 is 19.9 Å². The Bertz CT molecular complexity index is 1430. The molecule has 7 nitrogen and oxygen atoms in total. The van der Waals surface area contributed by atoms with Crippen LogP contribution in [0.25, 0.3) is 0 Å². The molecule has 2 aliphatic rings. The van der Waals surface area contributed by atoms with Gasteiger partial charge in [0.25, 0.3) is 0 Å². The highest BCUT2D eigenvalue weighted by molar-refractivity contribution is 6.74. The van der Waals surface area contributed by atoms with Gasteiger partial charge >= 0.3 is 6.18 Å². The first-order valence-corrected chi connectivity index (χ1v) is 15.4. The number of benzene rings is 2. The average Bonchev–Trinajstić information content (AvgIpc) is 3.56. The summed E-state index contributed by atoms with van der Waals surface area (Å²) in [6, 6.07) is 12.3. The molecule has 5 rings (SSSR count). The fraction of sp³-hybridized carbons (Fsp3) is 0.393. The predicted molar refractivity (Wildman–Crippen MR) is 140 cm³/mol. The molecule has 0 fully saturated rings. The second-order valence-corrected chi connectivity index (χ2v) is 16.0. The quantitative estimate of drug-likeness (QED) is 0.359. The number of hydrogen-bond acceptors (Lipinski definition) is 6. The van der Waals surface area contributed by atoms with Crippen LogP contribution in [0.3, 0.4) is 0 Å². The van der Waals surface area contributed by atoms with Crippen LogP contribution < -0.4 is 18.8 Å². The van der Waals surface area contributed by atoms with Crippen molar-refractivity contribution in [2.24, 2.45) is 0 Å². The maximum absolute atomic E-state index is 14.3. The molecule has 1 amide bonds. The third kappa shape index (κ3) is 4.37. The third-order valence-corrected chi connectivity index (χ3v) is 12.2. The zero-order valence-electron chi connectivity index (χ0n) is 22.3. The van der Waals surface area contributed by atoms with Gasteiger partial charge < -0.3 is 28.3 Å². The molecule has 11 heteroatoms. The number of para-hydroxylation sites is 1. The summed E-state index contributed by atoms with van der Waals surface area (Å²) in [6.07, 6.45) is -4.65. The number of furan rings is 1. The molecule has 3 aromatic rings. The van der Waals surface area contributed by atoms with E-state index >= 15 is 0 Å². The molecule has 2 aromatic carbocycles. The minimum Gasteiger partial charge on any atom is -0.543 e. The van der Waals surface area contributed by atoms with Gasteiger partial charge in [0, 0.05) is 17.3 Å². The van der Waals surface area contributed by atoms with Crippen molar-refractivity contribution in [2.75, 3.05) is 18.3 Å². The Morgan fingerprint density at radius 3 is 2.31 bits per heavy atom. The molecule has 208 valence electrons. The summed E-state index contributed by atoms with van der Waals surface area (Å²) in [5, 5.41) is 10.8. The van der Waals surface area contributed by atoms with Crippen molar-refractivity contribution in [2.45, 2.75) is 57.0 Å². The van der Waals surface area contributed by atoms with Crippen LogP contribution in [0.4, 0.5) is 18.9 Å². The molecule has 0 saturated heterocycles. The monoisotopic (exact) mass is 561 g/mol. The average molecular weight is 562 g/mol. The highest BCUT2D eigenvalue weighted by Gasteiger charge is 2.54. The van der Waals surface area contributed by atoms with E-state index in [1.807, 2.05) is 0 Å². The molecule has 0 aliphatic carbocycles. The summed E-state index contributed by atoms with van der Waals surface area (Å²) in [7, 11) is -2.44. The Kier molecular flexibility index (Phi) is 6.30. The highest BCUT2D eigenvalue weighted by Crippen LogP contribution is 2.53. The molecule has 0 bridgehead atoms. The number of alkyl halides is 3. The van der Waals surface area contributed by atoms with Crippen molar-refractivity contribution < 1.29 is 41.4 Å². The van der Waals surface area contributed by atoms with E-state index in [-0.39, 0.29) is 24.1 Å². The Labute approximate surface area is 225 Å². The first-order chi connectivity index (χ1) is 18.2. The van der Waals surface area contributed by atoms with Gasteiger partial charge in [-0.15, -0.1) is 0 Å². The van der Waals surface area contributed by atoms with Crippen molar-refractivity contribution in [1.29, 1.82) is 0 Å². The molecule has 3 heterocycles. The van der Waals surface area contributed by atoms with Gasteiger partial charge in [-0.2, -0.15) is 13.2 Å². The number of hydrogen-bond donors (Lipinski definition) is 1. The van der Waals surface area contributed by atoms with Crippen molar-refractivity contribution in [3.63, 3.8) is 0 Å².